The Hall–Kier alpha value is -2.05. The minimum Gasteiger partial charge on any atom is -0.487 e. The van der Waals surface area contributed by atoms with Crippen molar-refractivity contribution in [2.24, 2.45) is 0 Å². The van der Waals surface area contributed by atoms with Gasteiger partial charge in [-0.05, 0) is 31.7 Å². The van der Waals surface area contributed by atoms with Gasteiger partial charge in [0.05, 0.1) is 5.02 Å². The summed E-state index contributed by atoms with van der Waals surface area (Å²) in [5.74, 6) is -0.165. The van der Waals surface area contributed by atoms with Crippen molar-refractivity contribution in [2.75, 3.05) is 20.1 Å². The number of carboxylic acids is 1. The van der Waals surface area contributed by atoms with E-state index in [4.69, 9.17) is 26.0 Å². The van der Waals surface area contributed by atoms with Crippen LogP contribution in [0.3, 0.4) is 0 Å². The zero-order valence-electron chi connectivity index (χ0n) is 12.0. The number of aromatic nitrogens is 1. The van der Waals surface area contributed by atoms with Gasteiger partial charge in [0.25, 0.3) is 0 Å². The van der Waals surface area contributed by atoms with Crippen LogP contribution in [0.2, 0.25) is 5.02 Å². The Morgan fingerprint density at radius 1 is 1.50 bits per heavy atom. The van der Waals surface area contributed by atoms with E-state index in [0.717, 1.165) is 19.5 Å². The minimum absolute atomic E-state index is 0.136. The van der Waals surface area contributed by atoms with Crippen molar-refractivity contribution in [2.45, 2.75) is 12.5 Å². The van der Waals surface area contributed by atoms with Crippen molar-refractivity contribution in [3.8, 4) is 17.1 Å². The van der Waals surface area contributed by atoms with E-state index in [1.54, 1.807) is 18.2 Å². The molecule has 0 radical (unpaired) electrons. The number of benzene rings is 1. The van der Waals surface area contributed by atoms with E-state index in [2.05, 4.69) is 17.1 Å². The summed E-state index contributed by atoms with van der Waals surface area (Å²) in [5.41, 5.74) is 0.515. The maximum atomic E-state index is 10.8. The topological polar surface area (TPSA) is 75.8 Å². The number of nitrogens with zero attached hydrogens (tertiary/aromatic N) is 2. The van der Waals surface area contributed by atoms with Crippen molar-refractivity contribution >= 4 is 17.6 Å². The Morgan fingerprint density at radius 3 is 2.91 bits per heavy atom. The summed E-state index contributed by atoms with van der Waals surface area (Å²) in [5, 5.41) is 12.8. The first-order valence-electron chi connectivity index (χ1n) is 6.88. The summed E-state index contributed by atoms with van der Waals surface area (Å²) >= 11 is 6.25. The minimum atomic E-state index is -1.13. The van der Waals surface area contributed by atoms with Crippen LogP contribution in [0.1, 0.15) is 16.9 Å². The molecule has 22 heavy (non-hydrogen) atoms. The Morgan fingerprint density at radius 2 is 2.32 bits per heavy atom. The molecule has 7 heteroatoms. The van der Waals surface area contributed by atoms with Crippen LogP contribution < -0.4 is 4.74 Å². The number of hydrogen-bond donors (Lipinski definition) is 1. The summed E-state index contributed by atoms with van der Waals surface area (Å²) in [6.45, 7) is 1.89. The molecule has 2 heterocycles. The van der Waals surface area contributed by atoms with Gasteiger partial charge in [0.1, 0.15) is 11.9 Å². The van der Waals surface area contributed by atoms with Gasteiger partial charge in [0.2, 0.25) is 0 Å². The molecule has 1 aliphatic rings. The number of halogens is 1. The van der Waals surface area contributed by atoms with Crippen LogP contribution in [-0.4, -0.2) is 47.4 Å². The molecular weight excluding hydrogens is 308 g/mol. The molecule has 0 saturated carbocycles. The number of ether oxygens (including phenoxy) is 1. The van der Waals surface area contributed by atoms with Gasteiger partial charge in [-0.25, -0.2) is 4.79 Å². The fourth-order valence-corrected chi connectivity index (χ4v) is 2.66. The number of carboxylic acid groups (broad SMARTS) is 1. The number of rotatable bonds is 4. The third kappa shape index (κ3) is 3.08. The molecule has 1 atom stereocenters. The van der Waals surface area contributed by atoms with Crippen LogP contribution >= 0.6 is 11.6 Å². The molecule has 0 spiro atoms. The highest BCUT2D eigenvalue weighted by atomic mass is 35.5. The Bertz CT molecular complexity index is 701. The van der Waals surface area contributed by atoms with Crippen LogP contribution in [0.5, 0.6) is 5.75 Å². The maximum absolute atomic E-state index is 10.8. The van der Waals surface area contributed by atoms with Crippen LogP contribution in [0.25, 0.3) is 11.3 Å². The number of carbonyl (C=O) groups is 1. The van der Waals surface area contributed by atoms with Gasteiger partial charge in [-0.2, -0.15) is 0 Å². The van der Waals surface area contributed by atoms with E-state index < -0.39 is 5.97 Å². The van der Waals surface area contributed by atoms with Gasteiger partial charge in [0.15, 0.2) is 11.5 Å². The molecule has 1 saturated heterocycles. The zero-order chi connectivity index (χ0) is 15.7. The SMILES string of the molecule is CN1CCC(Oc2ccc(-c3cc(C(=O)O)no3)cc2Cl)C1. The standard InChI is InChI=1S/C15H15ClN2O4/c1-18-5-4-10(8-18)21-13-3-2-9(6-11(13)16)14-7-12(15(19)20)17-22-14/h2-3,6-7,10H,4-5,8H2,1H3,(H,19,20). The fraction of sp³-hybridized carbons (Fsp3) is 0.333. The summed E-state index contributed by atoms with van der Waals surface area (Å²) in [6, 6.07) is 6.58. The quantitative estimate of drug-likeness (QED) is 0.932. The van der Waals surface area contributed by atoms with Gasteiger partial charge in [0, 0.05) is 24.7 Å². The molecule has 1 fully saturated rings. The summed E-state index contributed by atoms with van der Waals surface area (Å²) in [7, 11) is 2.05. The first kappa shape index (κ1) is 14.9. The first-order valence-corrected chi connectivity index (χ1v) is 7.26. The van der Waals surface area contributed by atoms with E-state index in [9.17, 15) is 4.79 Å². The molecule has 1 aromatic heterocycles. The average molecular weight is 323 g/mol. The van der Waals surface area contributed by atoms with Gasteiger partial charge < -0.3 is 19.3 Å². The molecule has 3 rings (SSSR count). The lowest BCUT2D eigenvalue weighted by Gasteiger charge is -2.15. The van der Waals surface area contributed by atoms with Crippen molar-refractivity contribution in [1.29, 1.82) is 0 Å². The third-order valence-corrected chi connectivity index (χ3v) is 3.88. The van der Waals surface area contributed by atoms with Crippen molar-refractivity contribution in [1.82, 2.24) is 10.1 Å². The van der Waals surface area contributed by atoms with Gasteiger partial charge >= 0.3 is 5.97 Å². The largest absolute Gasteiger partial charge is 0.487 e. The van der Waals surface area contributed by atoms with Crippen molar-refractivity contribution < 1.29 is 19.2 Å². The zero-order valence-corrected chi connectivity index (χ0v) is 12.7. The summed E-state index contributed by atoms with van der Waals surface area (Å²) in [6.07, 6.45) is 1.11. The molecule has 0 aliphatic carbocycles. The molecule has 1 aliphatic heterocycles. The molecule has 0 amide bonds. The van der Waals surface area contributed by atoms with Crippen molar-refractivity contribution in [3.05, 3.63) is 35.0 Å². The first-order chi connectivity index (χ1) is 10.5. The molecule has 2 aromatic rings. The highest BCUT2D eigenvalue weighted by Gasteiger charge is 2.22. The lowest BCUT2D eigenvalue weighted by molar-refractivity contribution is 0.0686. The lowest BCUT2D eigenvalue weighted by Crippen LogP contribution is -2.21. The molecule has 1 unspecified atom stereocenters. The van der Waals surface area contributed by atoms with E-state index in [1.807, 2.05) is 0 Å². The van der Waals surface area contributed by atoms with E-state index in [0.29, 0.717) is 22.1 Å². The molecule has 6 nitrogen and oxygen atoms in total. The van der Waals surface area contributed by atoms with Gasteiger partial charge in [-0.1, -0.05) is 16.8 Å². The van der Waals surface area contributed by atoms with Crippen LogP contribution in [0.4, 0.5) is 0 Å². The smallest absolute Gasteiger partial charge is 0.358 e. The number of likely N-dealkylation sites (tertiary alicyclic amines) is 1. The van der Waals surface area contributed by atoms with Gasteiger partial charge in [-0.3, -0.25) is 0 Å². The third-order valence-electron chi connectivity index (χ3n) is 3.59. The summed E-state index contributed by atoms with van der Waals surface area (Å²) in [4.78, 5) is 13.0. The highest BCUT2D eigenvalue weighted by Crippen LogP contribution is 2.32. The average Bonchev–Trinajstić information content (AvgIpc) is 3.10. The number of aromatic carboxylic acids is 1. The van der Waals surface area contributed by atoms with E-state index in [1.165, 1.54) is 6.07 Å². The second-order valence-corrected chi connectivity index (χ2v) is 5.72. The van der Waals surface area contributed by atoms with E-state index in [-0.39, 0.29) is 11.8 Å². The Labute approximate surface area is 132 Å². The molecular formula is C15H15ClN2O4. The van der Waals surface area contributed by atoms with E-state index >= 15 is 0 Å². The highest BCUT2D eigenvalue weighted by molar-refractivity contribution is 6.32. The maximum Gasteiger partial charge on any atom is 0.358 e. The van der Waals surface area contributed by atoms with Crippen molar-refractivity contribution in [3.63, 3.8) is 0 Å². The van der Waals surface area contributed by atoms with Crippen LogP contribution in [-0.2, 0) is 0 Å². The van der Waals surface area contributed by atoms with Crippen LogP contribution in [0, 0.1) is 0 Å². The molecule has 0 bridgehead atoms. The molecule has 116 valence electrons. The van der Waals surface area contributed by atoms with Gasteiger partial charge in [-0.15, -0.1) is 0 Å². The number of likely N-dealkylation sites (N-methyl/N-ethyl adjacent to an activating group) is 1. The second-order valence-electron chi connectivity index (χ2n) is 5.32. The monoisotopic (exact) mass is 322 g/mol. The van der Waals surface area contributed by atoms with Crippen LogP contribution in [0.15, 0.2) is 28.8 Å². The Kier molecular flexibility index (Phi) is 4.04. The lowest BCUT2D eigenvalue weighted by atomic mass is 10.1. The summed E-state index contributed by atoms with van der Waals surface area (Å²) < 4.78 is 10.9. The molecule has 1 aromatic carbocycles. The molecule has 1 N–H and O–H groups in total. The Balaban J connectivity index is 1.77. The predicted molar refractivity (Wildman–Crippen MR) is 80.4 cm³/mol. The predicted octanol–water partition coefficient (Wildman–Crippen LogP) is 2.78. The number of hydrogen-bond acceptors (Lipinski definition) is 5. The fourth-order valence-electron chi connectivity index (χ4n) is 2.43. The second kappa shape index (κ2) is 5.98. The normalized spacial score (nSPS) is 18.5.